The SMILES string of the molecule is Cc1[nH]nc(C(=O)NCC(=O)O)c1C. The van der Waals surface area contributed by atoms with Gasteiger partial charge >= 0.3 is 5.97 Å². The van der Waals surface area contributed by atoms with E-state index in [0.717, 1.165) is 11.3 Å². The molecule has 0 fully saturated rings. The predicted molar refractivity (Wildman–Crippen MR) is 48.0 cm³/mol. The van der Waals surface area contributed by atoms with Gasteiger partial charge in [-0.3, -0.25) is 14.7 Å². The molecule has 0 aromatic carbocycles. The fraction of sp³-hybridized carbons (Fsp3) is 0.375. The molecule has 1 aromatic heterocycles. The van der Waals surface area contributed by atoms with Gasteiger partial charge in [-0.1, -0.05) is 0 Å². The molecule has 0 saturated heterocycles. The Balaban J connectivity index is 2.70. The van der Waals surface area contributed by atoms with Gasteiger partial charge in [-0.2, -0.15) is 5.10 Å². The fourth-order valence-corrected chi connectivity index (χ4v) is 0.946. The number of nitrogens with zero attached hydrogens (tertiary/aromatic N) is 1. The van der Waals surface area contributed by atoms with Crippen LogP contribution in [-0.2, 0) is 4.79 Å². The van der Waals surface area contributed by atoms with E-state index in [1.807, 2.05) is 0 Å². The monoisotopic (exact) mass is 197 g/mol. The Hall–Kier alpha value is -1.85. The third-order valence-electron chi connectivity index (χ3n) is 1.87. The molecule has 6 nitrogen and oxygen atoms in total. The van der Waals surface area contributed by atoms with Gasteiger partial charge in [0.05, 0.1) is 0 Å². The van der Waals surface area contributed by atoms with Crippen molar-refractivity contribution in [3.8, 4) is 0 Å². The van der Waals surface area contributed by atoms with Crippen molar-refractivity contribution in [2.75, 3.05) is 6.54 Å². The Labute approximate surface area is 80.3 Å². The molecular formula is C8H11N3O3. The van der Waals surface area contributed by atoms with E-state index < -0.39 is 18.4 Å². The van der Waals surface area contributed by atoms with Gasteiger partial charge in [0.15, 0.2) is 5.69 Å². The summed E-state index contributed by atoms with van der Waals surface area (Å²) in [5, 5.41) is 17.0. The Morgan fingerprint density at radius 3 is 2.57 bits per heavy atom. The molecule has 0 aliphatic carbocycles. The normalized spacial score (nSPS) is 9.86. The lowest BCUT2D eigenvalue weighted by Gasteiger charge is -1.99. The van der Waals surface area contributed by atoms with E-state index in [1.165, 1.54) is 0 Å². The molecule has 1 rings (SSSR count). The van der Waals surface area contributed by atoms with Gasteiger partial charge in [0, 0.05) is 11.3 Å². The number of H-pyrrole nitrogens is 1. The van der Waals surface area contributed by atoms with E-state index in [1.54, 1.807) is 13.8 Å². The maximum atomic E-state index is 11.3. The van der Waals surface area contributed by atoms with Crippen LogP contribution in [-0.4, -0.2) is 33.7 Å². The Morgan fingerprint density at radius 1 is 1.50 bits per heavy atom. The summed E-state index contributed by atoms with van der Waals surface area (Å²) >= 11 is 0. The van der Waals surface area contributed by atoms with E-state index in [9.17, 15) is 9.59 Å². The average molecular weight is 197 g/mol. The zero-order valence-corrected chi connectivity index (χ0v) is 7.92. The summed E-state index contributed by atoms with van der Waals surface area (Å²) in [7, 11) is 0. The number of carbonyl (C=O) groups excluding carboxylic acids is 1. The molecule has 0 bridgehead atoms. The Kier molecular flexibility index (Phi) is 2.85. The molecule has 0 unspecified atom stereocenters. The molecule has 3 N–H and O–H groups in total. The second kappa shape index (κ2) is 3.91. The number of nitrogens with one attached hydrogen (secondary N) is 2. The van der Waals surface area contributed by atoms with E-state index in [0.29, 0.717) is 0 Å². The molecule has 0 aliphatic rings. The molecule has 14 heavy (non-hydrogen) atoms. The van der Waals surface area contributed by atoms with E-state index in [4.69, 9.17) is 5.11 Å². The minimum Gasteiger partial charge on any atom is -0.480 e. The van der Waals surface area contributed by atoms with Gasteiger partial charge in [-0.05, 0) is 13.8 Å². The van der Waals surface area contributed by atoms with Gasteiger partial charge in [0.25, 0.3) is 5.91 Å². The largest absolute Gasteiger partial charge is 0.480 e. The van der Waals surface area contributed by atoms with Crippen LogP contribution in [0.5, 0.6) is 0 Å². The van der Waals surface area contributed by atoms with Crippen LogP contribution in [0.2, 0.25) is 0 Å². The number of aromatic amines is 1. The first-order chi connectivity index (χ1) is 6.52. The van der Waals surface area contributed by atoms with Crippen molar-refractivity contribution in [3.05, 3.63) is 17.0 Å². The highest BCUT2D eigenvalue weighted by molar-refractivity contribution is 5.95. The second-order valence-corrected chi connectivity index (χ2v) is 2.90. The van der Waals surface area contributed by atoms with Gasteiger partial charge < -0.3 is 10.4 Å². The molecule has 1 aromatic rings. The number of rotatable bonds is 3. The van der Waals surface area contributed by atoms with Crippen LogP contribution in [0.25, 0.3) is 0 Å². The molecular weight excluding hydrogens is 186 g/mol. The van der Waals surface area contributed by atoms with Crippen molar-refractivity contribution < 1.29 is 14.7 Å². The molecule has 6 heteroatoms. The molecule has 0 atom stereocenters. The topological polar surface area (TPSA) is 95.1 Å². The van der Waals surface area contributed by atoms with Crippen molar-refractivity contribution in [1.82, 2.24) is 15.5 Å². The predicted octanol–water partition coefficient (Wildman–Crippen LogP) is -0.159. The summed E-state index contributed by atoms with van der Waals surface area (Å²) in [6.07, 6.45) is 0. The summed E-state index contributed by atoms with van der Waals surface area (Å²) in [4.78, 5) is 21.5. The highest BCUT2D eigenvalue weighted by Crippen LogP contribution is 2.07. The summed E-state index contributed by atoms with van der Waals surface area (Å²) in [6.45, 7) is 3.13. The number of hydrogen-bond acceptors (Lipinski definition) is 3. The lowest BCUT2D eigenvalue weighted by atomic mass is 10.2. The van der Waals surface area contributed by atoms with Crippen LogP contribution in [0, 0.1) is 13.8 Å². The highest BCUT2D eigenvalue weighted by atomic mass is 16.4. The highest BCUT2D eigenvalue weighted by Gasteiger charge is 2.14. The molecule has 0 spiro atoms. The minimum atomic E-state index is -1.08. The number of carboxylic acid groups (broad SMARTS) is 1. The van der Waals surface area contributed by atoms with Crippen molar-refractivity contribution in [1.29, 1.82) is 0 Å². The smallest absolute Gasteiger partial charge is 0.322 e. The summed E-state index contributed by atoms with van der Waals surface area (Å²) < 4.78 is 0. The number of aromatic nitrogens is 2. The van der Waals surface area contributed by atoms with Gasteiger partial charge in [-0.15, -0.1) is 0 Å². The molecule has 1 heterocycles. The van der Waals surface area contributed by atoms with Crippen molar-refractivity contribution in [2.24, 2.45) is 0 Å². The van der Waals surface area contributed by atoms with E-state index in [-0.39, 0.29) is 5.69 Å². The van der Waals surface area contributed by atoms with E-state index in [2.05, 4.69) is 15.5 Å². The average Bonchev–Trinajstić information content (AvgIpc) is 2.44. The summed E-state index contributed by atoms with van der Waals surface area (Å²) in [5.74, 6) is -1.56. The third-order valence-corrected chi connectivity index (χ3v) is 1.87. The van der Waals surface area contributed by atoms with Crippen LogP contribution in [0.1, 0.15) is 21.7 Å². The van der Waals surface area contributed by atoms with Crippen molar-refractivity contribution in [2.45, 2.75) is 13.8 Å². The number of hydrogen-bond donors (Lipinski definition) is 3. The second-order valence-electron chi connectivity index (χ2n) is 2.90. The van der Waals surface area contributed by atoms with Crippen LogP contribution >= 0.6 is 0 Å². The van der Waals surface area contributed by atoms with Gasteiger partial charge in [-0.25, -0.2) is 0 Å². The first kappa shape index (κ1) is 10.2. The van der Waals surface area contributed by atoms with Crippen molar-refractivity contribution >= 4 is 11.9 Å². The van der Waals surface area contributed by atoms with Crippen LogP contribution in [0.3, 0.4) is 0 Å². The van der Waals surface area contributed by atoms with Gasteiger partial charge in [0.2, 0.25) is 0 Å². The number of amides is 1. The molecule has 1 amide bonds. The number of carbonyl (C=O) groups is 2. The third kappa shape index (κ3) is 2.09. The molecule has 76 valence electrons. The maximum Gasteiger partial charge on any atom is 0.322 e. The Morgan fingerprint density at radius 2 is 2.14 bits per heavy atom. The van der Waals surface area contributed by atoms with Crippen LogP contribution < -0.4 is 5.32 Å². The Bertz CT molecular complexity index is 370. The molecule has 0 saturated carbocycles. The first-order valence-corrected chi connectivity index (χ1v) is 4.04. The molecule has 0 aliphatic heterocycles. The standard InChI is InChI=1S/C8H11N3O3/c1-4-5(2)10-11-7(4)8(14)9-3-6(12)13/h3H2,1-2H3,(H,9,14)(H,10,11)(H,12,13). The maximum absolute atomic E-state index is 11.3. The van der Waals surface area contributed by atoms with Crippen molar-refractivity contribution in [3.63, 3.8) is 0 Å². The summed E-state index contributed by atoms with van der Waals surface area (Å²) in [6, 6.07) is 0. The zero-order valence-electron chi connectivity index (χ0n) is 7.92. The lowest BCUT2D eigenvalue weighted by Crippen LogP contribution is -2.29. The minimum absolute atomic E-state index is 0.240. The first-order valence-electron chi connectivity index (χ1n) is 4.04. The quantitative estimate of drug-likeness (QED) is 0.627. The van der Waals surface area contributed by atoms with E-state index >= 15 is 0 Å². The van der Waals surface area contributed by atoms with Gasteiger partial charge in [0.1, 0.15) is 6.54 Å². The fourth-order valence-electron chi connectivity index (χ4n) is 0.946. The zero-order chi connectivity index (χ0) is 10.7. The van der Waals surface area contributed by atoms with Crippen LogP contribution in [0.15, 0.2) is 0 Å². The summed E-state index contributed by atoms with van der Waals surface area (Å²) in [5.41, 5.74) is 1.77. The molecule has 0 radical (unpaired) electrons. The number of carboxylic acids is 1. The number of aliphatic carboxylic acids is 1. The lowest BCUT2D eigenvalue weighted by molar-refractivity contribution is -0.135. The van der Waals surface area contributed by atoms with Crippen LogP contribution in [0.4, 0.5) is 0 Å². The number of aryl methyl sites for hydroxylation is 1.